The van der Waals surface area contributed by atoms with Crippen molar-refractivity contribution in [1.29, 1.82) is 0 Å². The fourth-order valence-electron chi connectivity index (χ4n) is 3.14. The second-order valence-corrected chi connectivity index (χ2v) is 7.86. The maximum absolute atomic E-state index is 13.3. The van der Waals surface area contributed by atoms with Crippen molar-refractivity contribution in [3.8, 4) is 5.75 Å². The van der Waals surface area contributed by atoms with E-state index in [2.05, 4.69) is 5.32 Å². The van der Waals surface area contributed by atoms with Crippen molar-refractivity contribution in [3.63, 3.8) is 0 Å². The third-order valence-electron chi connectivity index (χ3n) is 4.56. The van der Waals surface area contributed by atoms with Gasteiger partial charge in [0.25, 0.3) is 11.8 Å². The maximum atomic E-state index is 13.3. The van der Waals surface area contributed by atoms with Crippen LogP contribution in [0.5, 0.6) is 5.75 Å². The number of nitrogens with one attached hydrogen (secondary N) is 1. The number of halogens is 1. The maximum Gasteiger partial charge on any atom is 0.282 e. The van der Waals surface area contributed by atoms with Gasteiger partial charge in [-0.1, -0.05) is 35.4 Å². The molecule has 7 heteroatoms. The zero-order chi connectivity index (χ0) is 20.5. The summed E-state index contributed by atoms with van der Waals surface area (Å²) in [5, 5.41) is 5.45. The molecule has 2 aromatic carbocycles. The van der Waals surface area contributed by atoms with Crippen LogP contribution >= 0.6 is 22.9 Å². The molecule has 1 N–H and O–H groups in total. The minimum Gasteiger partial charge on any atom is -0.495 e. The van der Waals surface area contributed by atoms with Crippen molar-refractivity contribution in [2.24, 2.45) is 0 Å². The Bertz CT molecular complexity index is 1120. The van der Waals surface area contributed by atoms with Crippen molar-refractivity contribution in [1.82, 2.24) is 0 Å². The molecule has 146 valence electrons. The smallest absolute Gasteiger partial charge is 0.282 e. The summed E-state index contributed by atoms with van der Waals surface area (Å²) in [6.45, 7) is 1.95. The van der Waals surface area contributed by atoms with Gasteiger partial charge in [0.15, 0.2) is 0 Å². The number of carbonyl (C=O) groups excluding carboxylic acids is 2. The van der Waals surface area contributed by atoms with E-state index in [0.29, 0.717) is 32.6 Å². The van der Waals surface area contributed by atoms with Crippen LogP contribution in [0.1, 0.15) is 10.4 Å². The van der Waals surface area contributed by atoms with Crippen molar-refractivity contribution < 1.29 is 14.3 Å². The number of aryl methyl sites for hydroxylation is 1. The number of rotatable bonds is 5. The molecule has 0 saturated heterocycles. The van der Waals surface area contributed by atoms with E-state index < -0.39 is 5.91 Å². The summed E-state index contributed by atoms with van der Waals surface area (Å²) in [5.41, 5.74) is 2.60. The Morgan fingerprint density at radius 1 is 1.03 bits per heavy atom. The van der Waals surface area contributed by atoms with Crippen LogP contribution in [0, 0.1) is 6.92 Å². The second kappa shape index (κ2) is 7.73. The van der Waals surface area contributed by atoms with Gasteiger partial charge in [0.1, 0.15) is 11.4 Å². The summed E-state index contributed by atoms with van der Waals surface area (Å²) in [6, 6.07) is 16.0. The number of imide groups is 1. The monoisotopic (exact) mass is 424 g/mol. The van der Waals surface area contributed by atoms with Crippen molar-refractivity contribution in [2.45, 2.75) is 6.92 Å². The SMILES string of the molecule is COc1ccc(Cl)cc1NC1=C(c2cccs2)C(=O)N(c2ccc(C)cc2)C1=O. The molecule has 1 aliphatic heterocycles. The first-order chi connectivity index (χ1) is 14.0. The Balaban J connectivity index is 1.82. The summed E-state index contributed by atoms with van der Waals surface area (Å²) < 4.78 is 5.37. The number of anilines is 2. The molecule has 0 saturated carbocycles. The first-order valence-electron chi connectivity index (χ1n) is 8.83. The normalized spacial score (nSPS) is 14.0. The van der Waals surface area contributed by atoms with Crippen LogP contribution in [0.4, 0.5) is 11.4 Å². The zero-order valence-electron chi connectivity index (χ0n) is 15.7. The fraction of sp³-hybridized carbons (Fsp3) is 0.0909. The Labute approximate surface area is 177 Å². The van der Waals surface area contributed by atoms with Crippen LogP contribution in [0.2, 0.25) is 5.02 Å². The van der Waals surface area contributed by atoms with Crippen molar-refractivity contribution >= 4 is 51.7 Å². The molecule has 5 nitrogen and oxygen atoms in total. The highest BCUT2D eigenvalue weighted by Gasteiger charge is 2.40. The van der Waals surface area contributed by atoms with Gasteiger partial charge in [-0.2, -0.15) is 0 Å². The minimum absolute atomic E-state index is 0.193. The molecule has 2 amide bonds. The summed E-state index contributed by atoms with van der Waals surface area (Å²) in [5.74, 6) is -0.282. The quantitative estimate of drug-likeness (QED) is 0.578. The Kier molecular flexibility index (Phi) is 5.13. The third kappa shape index (κ3) is 3.52. The molecule has 4 rings (SSSR count). The molecule has 1 aromatic heterocycles. The highest BCUT2D eigenvalue weighted by Crippen LogP contribution is 2.37. The van der Waals surface area contributed by atoms with E-state index >= 15 is 0 Å². The van der Waals surface area contributed by atoms with E-state index in [-0.39, 0.29) is 11.6 Å². The lowest BCUT2D eigenvalue weighted by Gasteiger charge is -2.16. The summed E-state index contributed by atoms with van der Waals surface area (Å²) >= 11 is 7.53. The number of carbonyl (C=O) groups is 2. The number of thiophene rings is 1. The zero-order valence-corrected chi connectivity index (χ0v) is 17.3. The van der Waals surface area contributed by atoms with E-state index in [0.717, 1.165) is 5.56 Å². The highest BCUT2D eigenvalue weighted by molar-refractivity contribution is 7.11. The van der Waals surface area contributed by atoms with Gasteiger partial charge in [0.2, 0.25) is 0 Å². The van der Waals surface area contributed by atoms with Crippen LogP contribution < -0.4 is 15.0 Å². The molecule has 0 radical (unpaired) electrons. The summed E-state index contributed by atoms with van der Waals surface area (Å²) in [6.07, 6.45) is 0. The lowest BCUT2D eigenvalue weighted by atomic mass is 10.1. The van der Waals surface area contributed by atoms with Crippen LogP contribution in [0.25, 0.3) is 5.57 Å². The molecule has 0 spiro atoms. The molecule has 0 fully saturated rings. The standard InChI is InChI=1S/C22H17ClN2O3S/c1-13-5-8-15(9-6-13)25-21(26)19(18-4-3-11-29-18)20(22(25)27)24-16-12-14(23)7-10-17(16)28-2/h3-12,24H,1-2H3. The van der Waals surface area contributed by atoms with Crippen LogP contribution in [-0.4, -0.2) is 18.9 Å². The molecule has 2 heterocycles. The van der Waals surface area contributed by atoms with E-state index in [9.17, 15) is 9.59 Å². The number of methoxy groups -OCH3 is 1. The molecule has 3 aromatic rings. The predicted molar refractivity (Wildman–Crippen MR) is 117 cm³/mol. The molecule has 1 aliphatic rings. The van der Waals surface area contributed by atoms with E-state index in [1.807, 2.05) is 36.6 Å². The average molecular weight is 425 g/mol. The number of nitrogens with zero attached hydrogens (tertiary/aromatic N) is 1. The van der Waals surface area contributed by atoms with Crippen molar-refractivity contribution in [3.05, 3.63) is 81.1 Å². The number of hydrogen-bond acceptors (Lipinski definition) is 5. The Hall–Kier alpha value is -3.09. The first-order valence-corrected chi connectivity index (χ1v) is 10.1. The van der Waals surface area contributed by atoms with Gasteiger partial charge in [-0.25, -0.2) is 4.90 Å². The summed E-state index contributed by atoms with van der Waals surface area (Å²) in [4.78, 5) is 28.5. The number of ether oxygens (including phenoxy) is 1. The third-order valence-corrected chi connectivity index (χ3v) is 5.69. The highest BCUT2D eigenvalue weighted by atomic mass is 35.5. The van der Waals surface area contributed by atoms with Crippen LogP contribution in [0.15, 0.2) is 65.7 Å². The van der Waals surface area contributed by atoms with Crippen LogP contribution in [-0.2, 0) is 9.59 Å². The average Bonchev–Trinajstić information content (AvgIpc) is 3.30. The molecule has 0 atom stereocenters. The number of hydrogen-bond donors (Lipinski definition) is 1. The molecule has 0 bridgehead atoms. The predicted octanol–water partition coefficient (Wildman–Crippen LogP) is 5.12. The van der Waals surface area contributed by atoms with Crippen molar-refractivity contribution in [2.75, 3.05) is 17.3 Å². The molecule has 29 heavy (non-hydrogen) atoms. The van der Waals surface area contributed by atoms with Gasteiger partial charge >= 0.3 is 0 Å². The van der Waals surface area contributed by atoms with Gasteiger partial charge in [-0.15, -0.1) is 11.3 Å². The lowest BCUT2D eigenvalue weighted by molar-refractivity contribution is -0.120. The molecular formula is C22H17ClN2O3S. The number of amides is 2. The number of benzene rings is 2. The van der Waals surface area contributed by atoms with Gasteiger partial charge < -0.3 is 10.1 Å². The van der Waals surface area contributed by atoms with E-state index in [1.54, 1.807) is 30.3 Å². The Morgan fingerprint density at radius 3 is 2.45 bits per heavy atom. The molecular weight excluding hydrogens is 408 g/mol. The molecule has 0 unspecified atom stereocenters. The minimum atomic E-state index is -0.427. The second-order valence-electron chi connectivity index (χ2n) is 6.48. The lowest BCUT2D eigenvalue weighted by Crippen LogP contribution is -2.32. The first kappa shape index (κ1) is 19.2. The largest absolute Gasteiger partial charge is 0.495 e. The van der Waals surface area contributed by atoms with Gasteiger partial charge in [0, 0.05) is 9.90 Å². The fourth-order valence-corrected chi connectivity index (χ4v) is 4.08. The van der Waals surface area contributed by atoms with E-state index in [1.165, 1.54) is 23.3 Å². The van der Waals surface area contributed by atoms with Gasteiger partial charge in [-0.05, 0) is 48.7 Å². The van der Waals surface area contributed by atoms with Gasteiger partial charge in [-0.3, -0.25) is 9.59 Å². The van der Waals surface area contributed by atoms with Crippen LogP contribution in [0.3, 0.4) is 0 Å². The molecule has 0 aliphatic carbocycles. The topological polar surface area (TPSA) is 58.6 Å². The van der Waals surface area contributed by atoms with Gasteiger partial charge in [0.05, 0.1) is 24.1 Å². The Morgan fingerprint density at radius 2 is 1.79 bits per heavy atom. The van der Waals surface area contributed by atoms with E-state index in [4.69, 9.17) is 16.3 Å². The summed E-state index contributed by atoms with van der Waals surface area (Å²) in [7, 11) is 1.53.